The van der Waals surface area contributed by atoms with E-state index in [1.807, 2.05) is 26.6 Å². The molecule has 2 saturated heterocycles. The van der Waals surface area contributed by atoms with Crippen molar-refractivity contribution in [2.24, 2.45) is 5.92 Å². The van der Waals surface area contributed by atoms with Crippen molar-refractivity contribution >= 4 is 63.2 Å². The van der Waals surface area contributed by atoms with Gasteiger partial charge in [-0.05, 0) is 49.8 Å². The zero-order chi connectivity index (χ0) is 24.5. The molecule has 0 aliphatic carbocycles. The van der Waals surface area contributed by atoms with E-state index in [9.17, 15) is 14.4 Å². The Balaban J connectivity index is 2.41. The van der Waals surface area contributed by atoms with Gasteiger partial charge >= 0.3 is 11.9 Å². The van der Waals surface area contributed by atoms with Crippen LogP contribution in [0, 0.1) is 5.92 Å². The third-order valence-corrected chi connectivity index (χ3v) is 9.65. The molecule has 2 aliphatic heterocycles. The maximum absolute atomic E-state index is 13.4. The SMILES string of the molecule is C=CCOC(=O)C1(C(=O)OCC[Si](C)(C)C)C(=C=S)S[C@@H]2[C@@H](C(C)O[Si](C)(C)C)C(=O)N21. The summed E-state index contributed by atoms with van der Waals surface area (Å²) in [6.07, 6.45) is 1.03. The molecule has 7 nitrogen and oxygen atoms in total. The lowest BCUT2D eigenvalue weighted by Gasteiger charge is -2.49. The number of nitrogens with zero attached hydrogens (tertiary/aromatic N) is 1. The van der Waals surface area contributed by atoms with E-state index in [4.69, 9.17) is 26.1 Å². The van der Waals surface area contributed by atoms with Crippen LogP contribution < -0.4 is 0 Å². The monoisotopic (exact) mass is 515 g/mol. The van der Waals surface area contributed by atoms with Crippen molar-refractivity contribution in [3.63, 3.8) is 0 Å². The number of esters is 2. The van der Waals surface area contributed by atoms with E-state index in [0.717, 1.165) is 6.04 Å². The summed E-state index contributed by atoms with van der Waals surface area (Å²) in [6, 6.07) is 0.724. The highest BCUT2D eigenvalue weighted by Gasteiger charge is 2.73. The quantitative estimate of drug-likeness (QED) is 0.109. The minimum atomic E-state index is -2.06. The largest absolute Gasteiger partial charge is 0.464 e. The van der Waals surface area contributed by atoms with Gasteiger partial charge in [0, 0.05) is 8.07 Å². The van der Waals surface area contributed by atoms with Crippen LogP contribution in [0.2, 0.25) is 45.3 Å². The predicted molar refractivity (Wildman–Crippen MR) is 135 cm³/mol. The molecule has 1 amide bonds. The lowest BCUT2D eigenvalue weighted by Crippen LogP contribution is -2.72. The summed E-state index contributed by atoms with van der Waals surface area (Å²) in [7, 11) is -3.40. The highest BCUT2D eigenvalue weighted by Crippen LogP contribution is 2.56. The molecule has 2 fully saturated rings. The number of fused-ring (bicyclic) bond motifs is 1. The molecule has 0 aromatic heterocycles. The fourth-order valence-electron chi connectivity index (χ4n) is 3.70. The number of thiocarbonyl (C=S) groups is 1. The lowest BCUT2D eigenvalue weighted by molar-refractivity contribution is -0.186. The highest BCUT2D eigenvalue weighted by molar-refractivity contribution is 8.05. The van der Waals surface area contributed by atoms with Crippen LogP contribution in [-0.4, -0.2) is 74.4 Å². The van der Waals surface area contributed by atoms with E-state index in [1.54, 1.807) is 0 Å². The molecule has 2 unspecified atom stereocenters. The molecule has 32 heavy (non-hydrogen) atoms. The maximum Gasteiger partial charge on any atom is 0.350 e. The topological polar surface area (TPSA) is 82.1 Å². The molecule has 2 aliphatic rings. The molecule has 0 radical (unpaired) electrons. The molecule has 0 bridgehead atoms. The molecule has 0 aromatic rings. The Morgan fingerprint density at radius 1 is 1.25 bits per heavy atom. The summed E-state index contributed by atoms with van der Waals surface area (Å²) in [5, 5.41) is 2.06. The average molecular weight is 516 g/mol. The Morgan fingerprint density at radius 3 is 2.34 bits per heavy atom. The summed E-state index contributed by atoms with van der Waals surface area (Å²) in [5.74, 6) is -2.61. The molecule has 178 valence electrons. The third-order valence-electron chi connectivity index (χ3n) is 5.16. The van der Waals surface area contributed by atoms with Crippen molar-refractivity contribution < 1.29 is 28.3 Å². The van der Waals surface area contributed by atoms with Crippen molar-refractivity contribution in [1.29, 1.82) is 0 Å². The van der Waals surface area contributed by atoms with Gasteiger partial charge in [0.1, 0.15) is 6.61 Å². The second-order valence-electron chi connectivity index (χ2n) is 10.2. The first-order valence-electron chi connectivity index (χ1n) is 10.6. The van der Waals surface area contributed by atoms with Crippen LogP contribution in [0.5, 0.6) is 0 Å². The van der Waals surface area contributed by atoms with E-state index in [0.29, 0.717) is 0 Å². The fraction of sp³-hybridized carbons (Fsp3) is 0.667. The van der Waals surface area contributed by atoms with Crippen LogP contribution in [0.15, 0.2) is 17.6 Å². The summed E-state index contributed by atoms with van der Waals surface area (Å²) in [5.41, 5.74) is -2.06. The van der Waals surface area contributed by atoms with Crippen molar-refractivity contribution in [3.8, 4) is 0 Å². The number of amides is 1. The molecule has 0 N–H and O–H groups in total. The first kappa shape index (κ1) is 27.0. The van der Waals surface area contributed by atoms with Crippen molar-refractivity contribution in [1.82, 2.24) is 4.90 Å². The van der Waals surface area contributed by atoms with Crippen molar-refractivity contribution in [2.75, 3.05) is 13.2 Å². The van der Waals surface area contributed by atoms with Gasteiger partial charge in [0.25, 0.3) is 5.54 Å². The van der Waals surface area contributed by atoms with Crippen LogP contribution in [0.4, 0.5) is 0 Å². The van der Waals surface area contributed by atoms with Crippen LogP contribution in [0.25, 0.3) is 0 Å². The van der Waals surface area contributed by atoms with Gasteiger partial charge in [-0.15, -0.1) is 0 Å². The van der Waals surface area contributed by atoms with Gasteiger partial charge < -0.3 is 13.9 Å². The number of β-lactam (4-membered cyclic amide) rings is 1. The summed E-state index contributed by atoms with van der Waals surface area (Å²) in [4.78, 5) is 41.3. The normalized spacial score (nSPS) is 26.0. The number of hydrogen-bond acceptors (Lipinski definition) is 8. The van der Waals surface area contributed by atoms with Gasteiger partial charge in [-0.25, -0.2) is 9.59 Å². The van der Waals surface area contributed by atoms with Gasteiger partial charge in [-0.1, -0.05) is 44.1 Å². The fourth-order valence-corrected chi connectivity index (χ4v) is 7.55. The second-order valence-corrected chi connectivity index (χ2v) is 21.6. The molecule has 0 aromatic carbocycles. The van der Waals surface area contributed by atoms with Gasteiger partial charge in [0.05, 0.1) is 28.9 Å². The smallest absolute Gasteiger partial charge is 0.350 e. The lowest BCUT2D eigenvalue weighted by atomic mass is 9.85. The number of rotatable bonds is 10. The molecule has 0 saturated carbocycles. The third kappa shape index (κ3) is 5.29. The Kier molecular flexibility index (Phi) is 8.39. The molecule has 2 heterocycles. The molecular weight excluding hydrogens is 483 g/mol. The Bertz CT molecular complexity index is 846. The van der Waals surface area contributed by atoms with E-state index in [1.165, 1.54) is 22.7 Å². The molecule has 4 atom stereocenters. The first-order valence-corrected chi connectivity index (χ1v) is 19.0. The van der Waals surface area contributed by atoms with Gasteiger partial charge in [-0.2, -0.15) is 0 Å². The zero-order valence-corrected chi connectivity index (χ0v) is 23.5. The highest BCUT2D eigenvalue weighted by atomic mass is 32.2. The Morgan fingerprint density at radius 2 is 1.84 bits per heavy atom. The number of ether oxygens (including phenoxy) is 2. The number of carbonyl (C=O) groups is 3. The number of thioether (sulfide) groups is 1. The number of carbonyl (C=O) groups excluding carboxylic acids is 3. The van der Waals surface area contributed by atoms with Gasteiger partial charge in [0.15, 0.2) is 8.32 Å². The summed E-state index contributed by atoms with van der Waals surface area (Å²) < 4.78 is 16.9. The van der Waals surface area contributed by atoms with Crippen LogP contribution in [0.3, 0.4) is 0 Å². The van der Waals surface area contributed by atoms with E-state index < -0.39 is 45.2 Å². The molecule has 0 spiro atoms. The van der Waals surface area contributed by atoms with Gasteiger partial charge in [-0.3, -0.25) is 9.69 Å². The molecule has 2 rings (SSSR count). The Hall–Kier alpha value is -1.24. The standard InChI is InChI=1S/C21H33NO6S2Si2/c1-9-10-26-19(24)21(20(25)27-11-12-31(3,4)5)15(13-29)30-18-16(17(23)22(18)21)14(2)28-32(6,7)8/h9,14,16,18H,1,10-12H2,2-8H3/t14?,16-,18+,21?/m0/s1. The Labute approximate surface area is 202 Å². The van der Waals surface area contributed by atoms with E-state index in [-0.39, 0.29) is 30.1 Å². The zero-order valence-electron chi connectivity index (χ0n) is 19.9. The van der Waals surface area contributed by atoms with Crippen LogP contribution >= 0.6 is 24.0 Å². The number of hydrogen-bond donors (Lipinski definition) is 0. The minimum Gasteiger partial charge on any atom is -0.464 e. The average Bonchev–Trinajstić information content (AvgIpc) is 2.94. The summed E-state index contributed by atoms with van der Waals surface area (Å²) >= 11 is 6.23. The maximum atomic E-state index is 13.4. The van der Waals surface area contributed by atoms with Crippen LogP contribution in [-0.2, 0) is 28.3 Å². The van der Waals surface area contributed by atoms with E-state index >= 15 is 0 Å². The first-order chi connectivity index (χ1) is 14.7. The minimum absolute atomic E-state index is 0.108. The predicted octanol–water partition coefficient (Wildman–Crippen LogP) is 3.59. The molecule has 11 heteroatoms. The van der Waals surface area contributed by atoms with Gasteiger partial charge in [0.2, 0.25) is 5.91 Å². The molecular formula is C21H33NO6S2Si2. The van der Waals surface area contributed by atoms with E-state index in [2.05, 4.69) is 31.2 Å². The summed E-state index contributed by atoms with van der Waals surface area (Å²) in [6.45, 7) is 18.0. The van der Waals surface area contributed by atoms with Crippen molar-refractivity contribution in [2.45, 2.75) is 69.3 Å². The van der Waals surface area contributed by atoms with Crippen LogP contribution in [0.1, 0.15) is 6.92 Å². The second kappa shape index (κ2) is 9.94. The van der Waals surface area contributed by atoms with Crippen molar-refractivity contribution in [3.05, 3.63) is 17.6 Å².